The van der Waals surface area contributed by atoms with Crippen molar-refractivity contribution in [2.75, 3.05) is 19.6 Å². The molecular weight excluding hydrogens is 368 g/mol. The highest BCUT2D eigenvalue weighted by molar-refractivity contribution is 6.00. The first-order valence-electron chi connectivity index (χ1n) is 9.40. The van der Waals surface area contributed by atoms with E-state index in [-0.39, 0.29) is 36.6 Å². The van der Waals surface area contributed by atoms with Gasteiger partial charge in [0, 0.05) is 12.8 Å². The molecule has 2 saturated heterocycles. The van der Waals surface area contributed by atoms with E-state index in [0.717, 1.165) is 38.0 Å². The molecule has 1 aromatic rings. The van der Waals surface area contributed by atoms with E-state index in [0.29, 0.717) is 25.2 Å². The Kier molecular flexibility index (Phi) is 7.80. The second-order valence-corrected chi connectivity index (χ2v) is 7.28. The predicted octanol–water partition coefficient (Wildman–Crippen LogP) is 2.67. The number of carbonyl (C=O) groups excluding carboxylic acids is 2. The zero-order valence-corrected chi connectivity index (χ0v) is 16.2. The minimum atomic E-state index is -0.726. The maximum absolute atomic E-state index is 12.0. The Hall–Kier alpha value is -1.92. The summed E-state index contributed by atoms with van der Waals surface area (Å²) in [6.07, 6.45) is 4.08. The number of nitrogens with zero attached hydrogens (tertiary/aromatic N) is 1. The average molecular weight is 395 g/mol. The van der Waals surface area contributed by atoms with Gasteiger partial charge in [-0.3, -0.25) is 19.7 Å². The molecular formula is C20H27ClN2O4. The first-order valence-corrected chi connectivity index (χ1v) is 9.40. The molecule has 1 unspecified atom stereocenters. The molecule has 2 amide bonds. The minimum absolute atomic E-state index is 0. The number of carbonyl (C=O) groups is 3. The number of hydrogen-bond acceptors (Lipinski definition) is 4. The van der Waals surface area contributed by atoms with Crippen LogP contribution in [0.3, 0.4) is 0 Å². The van der Waals surface area contributed by atoms with E-state index in [4.69, 9.17) is 5.11 Å². The van der Waals surface area contributed by atoms with Crippen LogP contribution < -0.4 is 5.32 Å². The summed E-state index contributed by atoms with van der Waals surface area (Å²) < 4.78 is 0. The monoisotopic (exact) mass is 394 g/mol. The van der Waals surface area contributed by atoms with E-state index in [1.165, 1.54) is 5.56 Å². The fourth-order valence-corrected chi connectivity index (χ4v) is 3.96. The van der Waals surface area contributed by atoms with Gasteiger partial charge in [-0.2, -0.15) is 0 Å². The number of benzene rings is 1. The van der Waals surface area contributed by atoms with Crippen LogP contribution >= 0.6 is 12.4 Å². The standard InChI is InChI=1S/C20H26N2O4.ClH/c23-18-8-7-17(20(26)21-18)16-5-3-14(4-6-16)15-9-12-22(13-10-15)11-1-2-19(24)25;/h3-6,15,17H,1-2,7-13H2,(H,24,25)(H,21,23,26);1H. The number of amides is 2. The average Bonchev–Trinajstić information content (AvgIpc) is 2.62. The van der Waals surface area contributed by atoms with Crippen LogP contribution in [0.15, 0.2) is 24.3 Å². The molecule has 0 bridgehead atoms. The Morgan fingerprint density at radius 2 is 1.70 bits per heavy atom. The van der Waals surface area contributed by atoms with Crippen LogP contribution in [0.4, 0.5) is 0 Å². The number of carboxylic acid groups (broad SMARTS) is 1. The molecule has 7 heteroatoms. The zero-order valence-electron chi connectivity index (χ0n) is 15.4. The van der Waals surface area contributed by atoms with Gasteiger partial charge >= 0.3 is 5.97 Å². The fraction of sp³-hybridized carbons (Fsp3) is 0.550. The Labute approximate surface area is 165 Å². The molecule has 1 aromatic carbocycles. The van der Waals surface area contributed by atoms with Gasteiger partial charge < -0.3 is 10.0 Å². The fourth-order valence-electron chi connectivity index (χ4n) is 3.96. The summed E-state index contributed by atoms with van der Waals surface area (Å²) in [7, 11) is 0. The summed E-state index contributed by atoms with van der Waals surface area (Å²) in [6.45, 7) is 2.85. The van der Waals surface area contributed by atoms with Gasteiger partial charge in [0.1, 0.15) is 0 Å². The maximum Gasteiger partial charge on any atom is 0.303 e. The smallest absolute Gasteiger partial charge is 0.303 e. The molecule has 2 fully saturated rings. The predicted molar refractivity (Wildman–Crippen MR) is 104 cm³/mol. The van der Waals surface area contributed by atoms with Crippen LogP contribution in [0, 0.1) is 0 Å². The van der Waals surface area contributed by atoms with E-state index in [9.17, 15) is 14.4 Å². The lowest BCUT2D eigenvalue weighted by molar-refractivity contribution is -0.137. The van der Waals surface area contributed by atoms with Crippen molar-refractivity contribution in [3.8, 4) is 0 Å². The number of piperidine rings is 2. The second kappa shape index (κ2) is 9.85. The Bertz CT molecular complexity index is 669. The van der Waals surface area contributed by atoms with Crippen LogP contribution in [0.1, 0.15) is 61.5 Å². The van der Waals surface area contributed by atoms with Gasteiger partial charge in [-0.25, -0.2) is 0 Å². The molecule has 2 heterocycles. The number of carboxylic acids is 1. The summed E-state index contributed by atoms with van der Waals surface area (Å²) in [6, 6.07) is 8.27. The molecule has 0 aromatic heterocycles. The first-order chi connectivity index (χ1) is 12.5. The van der Waals surface area contributed by atoms with Crippen molar-refractivity contribution in [1.29, 1.82) is 0 Å². The lowest BCUT2D eigenvalue weighted by atomic mass is 9.86. The van der Waals surface area contributed by atoms with Crippen LogP contribution in [0.2, 0.25) is 0 Å². The zero-order chi connectivity index (χ0) is 18.5. The Morgan fingerprint density at radius 3 is 2.30 bits per heavy atom. The number of rotatable bonds is 6. The normalized spacial score (nSPS) is 21.4. The largest absolute Gasteiger partial charge is 0.481 e. The van der Waals surface area contributed by atoms with Crippen molar-refractivity contribution in [1.82, 2.24) is 10.2 Å². The highest BCUT2D eigenvalue weighted by atomic mass is 35.5. The van der Waals surface area contributed by atoms with Crippen LogP contribution in [-0.4, -0.2) is 47.4 Å². The number of nitrogens with one attached hydrogen (secondary N) is 1. The molecule has 27 heavy (non-hydrogen) atoms. The van der Waals surface area contributed by atoms with E-state index in [1.54, 1.807) is 0 Å². The first kappa shape index (κ1) is 21.4. The molecule has 0 spiro atoms. The number of hydrogen-bond donors (Lipinski definition) is 2. The highest BCUT2D eigenvalue weighted by Crippen LogP contribution is 2.31. The van der Waals surface area contributed by atoms with E-state index >= 15 is 0 Å². The number of likely N-dealkylation sites (tertiary alicyclic amines) is 1. The molecule has 0 saturated carbocycles. The summed E-state index contributed by atoms with van der Waals surface area (Å²) in [5, 5.41) is 11.1. The lowest BCUT2D eigenvalue weighted by Crippen LogP contribution is -2.39. The van der Waals surface area contributed by atoms with Gasteiger partial charge in [-0.05, 0) is 62.4 Å². The molecule has 6 nitrogen and oxygen atoms in total. The van der Waals surface area contributed by atoms with Crippen molar-refractivity contribution in [2.45, 2.75) is 50.4 Å². The third-order valence-electron chi connectivity index (χ3n) is 5.50. The van der Waals surface area contributed by atoms with E-state index < -0.39 is 5.97 Å². The second-order valence-electron chi connectivity index (χ2n) is 7.28. The number of aliphatic carboxylic acids is 1. The molecule has 148 valence electrons. The molecule has 2 aliphatic rings. The van der Waals surface area contributed by atoms with Gasteiger partial charge in [0.2, 0.25) is 11.8 Å². The molecule has 1 atom stereocenters. The van der Waals surface area contributed by atoms with Gasteiger partial charge in [-0.15, -0.1) is 12.4 Å². The van der Waals surface area contributed by atoms with Crippen LogP contribution in [0.5, 0.6) is 0 Å². The minimum Gasteiger partial charge on any atom is -0.481 e. The van der Waals surface area contributed by atoms with Crippen molar-refractivity contribution < 1.29 is 19.5 Å². The number of halogens is 1. The van der Waals surface area contributed by atoms with E-state index in [2.05, 4.69) is 22.3 Å². The van der Waals surface area contributed by atoms with Gasteiger partial charge in [0.15, 0.2) is 0 Å². The Balaban J connectivity index is 0.00000261. The van der Waals surface area contributed by atoms with Crippen molar-refractivity contribution in [2.24, 2.45) is 0 Å². The molecule has 0 aliphatic carbocycles. The van der Waals surface area contributed by atoms with Crippen LogP contribution in [0.25, 0.3) is 0 Å². The summed E-state index contributed by atoms with van der Waals surface area (Å²) in [5.74, 6) is -0.808. The lowest BCUT2D eigenvalue weighted by Gasteiger charge is -2.32. The summed E-state index contributed by atoms with van der Waals surface area (Å²) >= 11 is 0. The third-order valence-corrected chi connectivity index (χ3v) is 5.50. The maximum atomic E-state index is 12.0. The van der Waals surface area contributed by atoms with Gasteiger partial charge in [-0.1, -0.05) is 24.3 Å². The SMILES string of the molecule is Cl.O=C(O)CCCN1CCC(c2ccc(C3CCC(=O)NC3=O)cc2)CC1. The third kappa shape index (κ3) is 5.78. The van der Waals surface area contributed by atoms with Crippen LogP contribution in [-0.2, 0) is 14.4 Å². The van der Waals surface area contributed by atoms with E-state index in [1.807, 2.05) is 12.1 Å². The van der Waals surface area contributed by atoms with Gasteiger partial charge in [0.05, 0.1) is 5.92 Å². The number of imide groups is 1. The molecule has 2 N–H and O–H groups in total. The molecule has 3 rings (SSSR count). The Morgan fingerprint density at radius 1 is 1.07 bits per heavy atom. The topological polar surface area (TPSA) is 86.7 Å². The summed E-state index contributed by atoms with van der Waals surface area (Å²) in [4.78, 5) is 36.2. The molecule has 2 aliphatic heterocycles. The van der Waals surface area contributed by atoms with Crippen molar-refractivity contribution in [3.05, 3.63) is 35.4 Å². The van der Waals surface area contributed by atoms with Gasteiger partial charge in [0.25, 0.3) is 0 Å². The van der Waals surface area contributed by atoms with Crippen molar-refractivity contribution >= 4 is 30.2 Å². The molecule has 0 radical (unpaired) electrons. The summed E-state index contributed by atoms with van der Waals surface area (Å²) in [5.41, 5.74) is 2.27. The quantitative estimate of drug-likeness (QED) is 0.724. The van der Waals surface area contributed by atoms with Crippen molar-refractivity contribution in [3.63, 3.8) is 0 Å². The highest BCUT2D eigenvalue weighted by Gasteiger charge is 2.28.